The van der Waals surface area contributed by atoms with E-state index in [0.29, 0.717) is 19.1 Å². The van der Waals surface area contributed by atoms with Gasteiger partial charge in [-0.3, -0.25) is 9.69 Å². The van der Waals surface area contributed by atoms with Gasteiger partial charge in [0.15, 0.2) is 5.96 Å². The molecule has 4 N–H and O–H groups in total. The number of carbonyl (C=O) groups excluding carboxylic acids is 1. The van der Waals surface area contributed by atoms with E-state index in [0.717, 1.165) is 69.9 Å². The molecule has 2 aliphatic heterocycles. The second kappa shape index (κ2) is 11.0. The standard InChI is InChI=1S/C20H31N5O3/c21-20(22-7-3-8-25-9-12-27-13-10-25)23-15-16-4-1-5-17(14-16)24-19(26)18-6-2-11-28-18/h1,4-5,14,18H,2-3,6-13,15H2,(H,24,26)(H3,21,22,23). The summed E-state index contributed by atoms with van der Waals surface area (Å²) in [7, 11) is 0. The van der Waals surface area contributed by atoms with Gasteiger partial charge in [0.2, 0.25) is 0 Å². The molecule has 2 aliphatic rings. The van der Waals surface area contributed by atoms with Gasteiger partial charge in [0.25, 0.3) is 5.91 Å². The lowest BCUT2D eigenvalue weighted by Gasteiger charge is -2.26. The van der Waals surface area contributed by atoms with Gasteiger partial charge in [0.1, 0.15) is 6.10 Å². The fourth-order valence-electron chi connectivity index (χ4n) is 3.33. The lowest BCUT2D eigenvalue weighted by molar-refractivity contribution is -0.124. The number of aliphatic imine (C=N–C) groups is 1. The van der Waals surface area contributed by atoms with E-state index in [1.54, 1.807) is 0 Å². The van der Waals surface area contributed by atoms with Crippen molar-refractivity contribution >= 4 is 17.6 Å². The van der Waals surface area contributed by atoms with E-state index in [-0.39, 0.29) is 12.0 Å². The van der Waals surface area contributed by atoms with E-state index in [2.05, 4.69) is 20.5 Å². The summed E-state index contributed by atoms with van der Waals surface area (Å²) in [6.45, 7) is 6.61. The summed E-state index contributed by atoms with van der Waals surface area (Å²) in [6, 6.07) is 7.66. The summed E-state index contributed by atoms with van der Waals surface area (Å²) in [4.78, 5) is 18.9. The van der Waals surface area contributed by atoms with Crippen molar-refractivity contribution in [2.75, 3.05) is 51.3 Å². The van der Waals surface area contributed by atoms with Crippen LogP contribution in [0.25, 0.3) is 0 Å². The Kier molecular flexibility index (Phi) is 8.07. The predicted molar refractivity (Wildman–Crippen MR) is 109 cm³/mol. The predicted octanol–water partition coefficient (Wildman–Crippen LogP) is 0.931. The normalized spacial score (nSPS) is 20.9. The Bertz CT molecular complexity index is 655. The molecule has 3 rings (SSSR count). The van der Waals surface area contributed by atoms with E-state index >= 15 is 0 Å². The molecule has 0 bridgehead atoms. The van der Waals surface area contributed by atoms with E-state index < -0.39 is 0 Å². The van der Waals surface area contributed by atoms with Crippen molar-refractivity contribution in [3.8, 4) is 0 Å². The van der Waals surface area contributed by atoms with Gasteiger partial charge >= 0.3 is 0 Å². The van der Waals surface area contributed by atoms with E-state index in [1.807, 2.05) is 24.3 Å². The molecule has 8 heteroatoms. The smallest absolute Gasteiger partial charge is 0.253 e. The van der Waals surface area contributed by atoms with Crippen LogP contribution in [0.3, 0.4) is 0 Å². The third-order valence-electron chi connectivity index (χ3n) is 4.91. The van der Waals surface area contributed by atoms with Crippen LogP contribution in [0.4, 0.5) is 5.69 Å². The molecule has 1 aromatic carbocycles. The first-order valence-corrected chi connectivity index (χ1v) is 10.1. The van der Waals surface area contributed by atoms with Crippen LogP contribution in [0.15, 0.2) is 29.3 Å². The number of anilines is 1. The Labute approximate surface area is 166 Å². The Hall–Kier alpha value is -2.16. The van der Waals surface area contributed by atoms with E-state index in [4.69, 9.17) is 15.2 Å². The molecule has 1 atom stereocenters. The number of ether oxygens (including phenoxy) is 2. The molecular formula is C20H31N5O3. The number of carbonyl (C=O) groups is 1. The highest BCUT2D eigenvalue weighted by molar-refractivity contribution is 5.94. The summed E-state index contributed by atoms with van der Waals surface area (Å²) in [5.41, 5.74) is 7.71. The first kappa shape index (κ1) is 20.6. The van der Waals surface area contributed by atoms with Gasteiger partial charge in [0.05, 0.1) is 19.8 Å². The van der Waals surface area contributed by atoms with Crippen molar-refractivity contribution in [1.82, 2.24) is 10.2 Å². The van der Waals surface area contributed by atoms with Crippen molar-refractivity contribution < 1.29 is 14.3 Å². The molecule has 28 heavy (non-hydrogen) atoms. The molecule has 154 valence electrons. The van der Waals surface area contributed by atoms with Crippen molar-refractivity contribution in [2.24, 2.45) is 10.7 Å². The van der Waals surface area contributed by atoms with Crippen molar-refractivity contribution in [3.05, 3.63) is 29.8 Å². The molecule has 0 radical (unpaired) electrons. The van der Waals surface area contributed by atoms with Crippen molar-refractivity contribution in [1.29, 1.82) is 0 Å². The number of nitrogens with zero attached hydrogens (tertiary/aromatic N) is 2. The van der Waals surface area contributed by atoms with Gasteiger partial charge in [-0.15, -0.1) is 0 Å². The number of nitrogens with one attached hydrogen (secondary N) is 2. The molecule has 0 aromatic heterocycles. The summed E-state index contributed by atoms with van der Waals surface area (Å²) in [5, 5.41) is 6.07. The van der Waals surface area contributed by atoms with E-state index in [1.165, 1.54) is 0 Å². The molecule has 1 unspecified atom stereocenters. The molecule has 0 aliphatic carbocycles. The second-order valence-electron chi connectivity index (χ2n) is 7.13. The number of nitrogens with two attached hydrogens (primary N) is 1. The zero-order valence-corrected chi connectivity index (χ0v) is 16.4. The van der Waals surface area contributed by atoms with Gasteiger partial charge < -0.3 is 25.8 Å². The lowest BCUT2D eigenvalue weighted by Crippen LogP contribution is -2.39. The number of guanidine groups is 1. The van der Waals surface area contributed by atoms with Crippen LogP contribution in [-0.2, 0) is 20.8 Å². The highest BCUT2D eigenvalue weighted by atomic mass is 16.5. The molecule has 2 saturated heterocycles. The van der Waals surface area contributed by atoms with Crippen LogP contribution in [-0.4, -0.2) is 68.9 Å². The summed E-state index contributed by atoms with van der Waals surface area (Å²) < 4.78 is 10.8. The minimum Gasteiger partial charge on any atom is -0.379 e. The molecule has 2 fully saturated rings. The molecule has 2 heterocycles. The quantitative estimate of drug-likeness (QED) is 0.347. The van der Waals surface area contributed by atoms with Crippen LogP contribution >= 0.6 is 0 Å². The Balaban J connectivity index is 1.38. The minimum absolute atomic E-state index is 0.0837. The number of morpholine rings is 1. The SMILES string of the molecule is NC(=NCc1cccc(NC(=O)C2CCCO2)c1)NCCCN1CCOCC1. The maximum absolute atomic E-state index is 12.1. The molecule has 8 nitrogen and oxygen atoms in total. The van der Waals surface area contributed by atoms with Crippen LogP contribution in [0, 0.1) is 0 Å². The maximum Gasteiger partial charge on any atom is 0.253 e. The highest BCUT2D eigenvalue weighted by Gasteiger charge is 2.23. The topological polar surface area (TPSA) is 101 Å². The number of hydrogen-bond donors (Lipinski definition) is 3. The van der Waals surface area contributed by atoms with Crippen LogP contribution in [0.1, 0.15) is 24.8 Å². The average molecular weight is 390 g/mol. The Morgan fingerprint density at radius 1 is 1.29 bits per heavy atom. The third kappa shape index (κ3) is 6.78. The molecule has 0 spiro atoms. The van der Waals surface area contributed by atoms with Crippen LogP contribution in [0.2, 0.25) is 0 Å². The zero-order chi connectivity index (χ0) is 19.6. The minimum atomic E-state index is -0.334. The first-order valence-electron chi connectivity index (χ1n) is 10.1. The van der Waals surface area contributed by atoms with E-state index in [9.17, 15) is 4.79 Å². The highest BCUT2D eigenvalue weighted by Crippen LogP contribution is 2.16. The van der Waals surface area contributed by atoms with Gasteiger partial charge in [-0.25, -0.2) is 4.99 Å². The Morgan fingerprint density at radius 3 is 2.93 bits per heavy atom. The fourth-order valence-corrected chi connectivity index (χ4v) is 3.33. The maximum atomic E-state index is 12.1. The largest absolute Gasteiger partial charge is 0.379 e. The summed E-state index contributed by atoms with van der Waals surface area (Å²) >= 11 is 0. The molecular weight excluding hydrogens is 358 g/mol. The lowest BCUT2D eigenvalue weighted by atomic mass is 10.2. The second-order valence-corrected chi connectivity index (χ2v) is 7.13. The van der Waals surface area contributed by atoms with Gasteiger partial charge in [0, 0.05) is 31.9 Å². The van der Waals surface area contributed by atoms with Gasteiger partial charge in [-0.2, -0.15) is 0 Å². The number of rotatable bonds is 8. The average Bonchev–Trinajstić information content (AvgIpc) is 3.26. The van der Waals surface area contributed by atoms with Crippen molar-refractivity contribution in [3.63, 3.8) is 0 Å². The summed E-state index contributed by atoms with van der Waals surface area (Å²) in [6.07, 6.45) is 2.40. The fraction of sp³-hybridized carbons (Fsp3) is 0.600. The zero-order valence-electron chi connectivity index (χ0n) is 16.4. The molecule has 0 saturated carbocycles. The first-order chi connectivity index (χ1) is 13.7. The monoisotopic (exact) mass is 389 g/mol. The number of benzene rings is 1. The van der Waals surface area contributed by atoms with Gasteiger partial charge in [-0.05, 0) is 43.5 Å². The number of amides is 1. The molecule has 1 aromatic rings. The number of hydrogen-bond acceptors (Lipinski definition) is 5. The van der Waals surface area contributed by atoms with Crippen LogP contribution < -0.4 is 16.4 Å². The summed E-state index contributed by atoms with van der Waals surface area (Å²) in [5.74, 6) is 0.357. The Morgan fingerprint density at radius 2 is 2.14 bits per heavy atom. The molecule has 1 amide bonds. The third-order valence-corrected chi connectivity index (χ3v) is 4.91. The van der Waals surface area contributed by atoms with Crippen LogP contribution in [0.5, 0.6) is 0 Å². The van der Waals surface area contributed by atoms with Crippen molar-refractivity contribution in [2.45, 2.75) is 31.9 Å². The van der Waals surface area contributed by atoms with Gasteiger partial charge in [-0.1, -0.05) is 12.1 Å².